The summed E-state index contributed by atoms with van der Waals surface area (Å²) in [5.41, 5.74) is 1.47. The molecule has 0 unspecified atom stereocenters. The second kappa shape index (κ2) is 9.12. The molecule has 1 nitrogen and oxygen atoms in total. The third kappa shape index (κ3) is 5.73. The van der Waals surface area contributed by atoms with E-state index < -0.39 is 0 Å². The van der Waals surface area contributed by atoms with E-state index in [1.807, 2.05) is 0 Å². The fraction of sp³-hybridized carbons (Fsp3) is 0.700. The molecular weight excluding hydrogens is 256 g/mol. The number of ether oxygens (including phenoxy) is 1. The highest BCUT2D eigenvalue weighted by Crippen LogP contribution is 2.33. The monoisotopic (exact) mass is 288 g/mol. The summed E-state index contributed by atoms with van der Waals surface area (Å²) in [6.45, 7) is 5.38. The van der Waals surface area contributed by atoms with Crippen molar-refractivity contribution in [2.45, 2.75) is 71.6 Å². The van der Waals surface area contributed by atoms with Gasteiger partial charge in [-0.1, -0.05) is 64.5 Å². The Bertz CT molecular complexity index is 373. The van der Waals surface area contributed by atoms with Crippen LogP contribution in [0.15, 0.2) is 24.3 Å². The van der Waals surface area contributed by atoms with Crippen LogP contribution in [0.5, 0.6) is 5.75 Å². The summed E-state index contributed by atoms with van der Waals surface area (Å²) in [5, 5.41) is 0. The quantitative estimate of drug-likeness (QED) is 0.532. The largest absolute Gasteiger partial charge is 0.494 e. The molecule has 118 valence electrons. The van der Waals surface area contributed by atoms with Crippen molar-refractivity contribution in [3.63, 3.8) is 0 Å². The average Bonchev–Trinajstić information content (AvgIpc) is 2.55. The van der Waals surface area contributed by atoms with Crippen molar-refractivity contribution in [1.29, 1.82) is 0 Å². The van der Waals surface area contributed by atoms with Crippen LogP contribution in [-0.2, 0) is 6.42 Å². The summed E-state index contributed by atoms with van der Waals surface area (Å²) >= 11 is 0. The first-order chi connectivity index (χ1) is 10.3. The fourth-order valence-electron chi connectivity index (χ4n) is 3.39. The SMILES string of the molecule is CCCCOc1ccc(CCC2CCC(CC)CC2)cc1. The van der Waals surface area contributed by atoms with Gasteiger partial charge < -0.3 is 4.74 Å². The molecule has 0 aromatic heterocycles. The standard InChI is InChI=1S/C20H32O/c1-3-5-16-21-20-14-12-19(13-15-20)11-10-18-8-6-17(4-2)7-9-18/h12-15,17-18H,3-11,16H2,1-2H3. The van der Waals surface area contributed by atoms with Crippen LogP contribution in [0.2, 0.25) is 0 Å². The molecule has 0 heterocycles. The van der Waals surface area contributed by atoms with E-state index in [9.17, 15) is 0 Å². The summed E-state index contributed by atoms with van der Waals surface area (Å²) in [7, 11) is 0. The molecule has 1 heteroatoms. The lowest BCUT2D eigenvalue weighted by Gasteiger charge is -2.27. The van der Waals surface area contributed by atoms with E-state index in [4.69, 9.17) is 4.74 Å². The van der Waals surface area contributed by atoms with Gasteiger partial charge in [0.2, 0.25) is 0 Å². The van der Waals surface area contributed by atoms with Gasteiger partial charge in [-0.15, -0.1) is 0 Å². The zero-order valence-corrected chi connectivity index (χ0v) is 13.9. The zero-order valence-electron chi connectivity index (χ0n) is 13.9. The Morgan fingerprint density at radius 3 is 2.24 bits per heavy atom. The van der Waals surface area contributed by atoms with Crippen molar-refractivity contribution >= 4 is 0 Å². The number of hydrogen-bond acceptors (Lipinski definition) is 1. The lowest BCUT2D eigenvalue weighted by molar-refractivity contribution is 0.259. The number of aryl methyl sites for hydroxylation is 1. The van der Waals surface area contributed by atoms with Crippen LogP contribution >= 0.6 is 0 Å². The van der Waals surface area contributed by atoms with E-state index >= 15 is 0 Å². The molecule has 1 aliphatic rings. The number of hydrogen-bond donors (Lipinski definition) is 0. The normalized spacial score (nSPS) is 22.2. The minimum atomic E-state index is 0.844. The third-order valence-electron chi connectivity index (χ3n) is 5.07. The molecule has 0 N–H and O–H groups in total. The molecule has 2 rings (SSSR count). The van der Waals surface area contributed by atoms with E-state index in [2.05, 4.69) is 38.1 Å². The minimum absolute atomic E-state index is 0.844. The molecule has 0 spiro atoms. The lowest BCUT2D eigenvalue weighted by atomic mass is 9.78. The summed E-state index contributed by atoms with van der Waals surface area (Å²) in [4.78, 5) is 0. The lowest BCUT2D eigenvalue weighted by Crippen LogP contribution is -2.14. The van der Waals surface area contributed by atoms with E-state index in [0.29, 0.717) is 0 Å². The Morgan fingerprint density at radius 1 is 0.952 bits per heavy atom. The van der Waals surface area contributed by atoms with E-state index in [1.165, 1.54) is 56.9 Å². The first kappa shape index (κ1) is 16.4. The Labute approximate surface area is 131 Å². The van der Waals surface area contributed by atoms with Gasteiger partial charge in [0.1, 0.15) is 5.75 Å². The van der Waals surface area contributed by atoms with Gasteiger partial charge in [-0.3, -0.25) is 0 Å². The van der Waals surface area contributed by atoms with E-state index in [1.54, 1.807) is 0 Å². The van der Waals surface area contributed by atoms with Crippen LogP contribution in [0.3, 0.4) is 0 Å². The van der Waals surface area contributed by atoms with Crippen LogP contribution in [0, 0.1) is 11.8 Å². The van der Waals surface area contributed by atoms with Gasteiger partial charge in [0.15, 0.2) is 0 Å². The summed E-state index contributed by atoms with van der Waals surface area (Å²) in [6, 6.07) is 8.77. The minimum Gasteiger partial charge on any atom is -0.494 e. The van der Waals surface area contributed by atoms with Gasteiger partial charge >= 0.3 is 0 Å². The molecule has 0 saturated heterocycles. The van der Waals surface area contributed by atoms with Gasteiger partial charge in [0, 0.05) is 0 Å². The molecule has 1 aromatic carbocycles. The Kier molecular flexibility index (Phi) is 7.12. The molecule has 0 bridgehead atoms. The maximum absolute atomic E-state index is 5.72. The van der Waals surface area contributed by atoms with Crippen LogP contribution < -0.4 is 4.74 Å². The highest BCUT2D eigenvalue weighted by atomic mass is 16.5. The van der Waals surface area contributed by atoms with Crippen molar-refractivity contribution in [3.05, 3.63) is 29.8 Å². The smallest absolute Gasteiger partial charge is 0.119 e. The first-order valence-electron chi connectivity index (χ1n) is 9.03. The maximum atomic E-state index is 5.72. The van der Waals surface area contributed by atoms with Gasteiger partial charge in [0.05, 0.1) is 6.61 Å². The topological polar surface area (TPSA) is 9.23 Å². The van der Waals surface area contributed by atoms with Gasteiger partial charge in [-0.2, -0.15) is 0 Å². The second-order valence-electron chi connectivity index (χ2n) is 6.68. The van der Waals surface area contributed by atoms with Gasteiger partial charge in [0.25, 0.3) is 0 Å². The van der Waals surface area contributed by atoms with E-state index in [-0.39, 0.29) is 0 Å². The summed E-state index contributed by atoms with van der Waals surface area (Å²) in [5.74, 6) is 3.00. The molecule has 0 aliphatic heterocycles. The molecule has 1 aliphatic carbocycles. The van der Waals surface area contributed by atoms with Crippen LogP contribution in [-0.4, -0.2) is 6.61 Å². The predicted molar refractivity (Wildman–Crippen MR) is 90.9 cm³/mol. The average molecular weight is 288 g/mol. The highest BCUT2D eigenvalue weighted by Gasteiger charge is 2.19. The van der Waals surface area contributed by atoms with Crippen molar-refractivity contribution in [2.24, 2.45) is 11.8 Å². The van der Waals surface area contributed by atoms with Crippen molar-refractivity contribution in [2.75, 3.05) is 6.61 Å². The zero-order chi connectivity index (χ0) is 14.9. The molecular formula is C20H32O. The van der Waals surface area contributed by atoms with Crippen LogP contribution in [0.1, 0.15) is 70.8 Å². The number of benzene rings is 1. The second-order valence-corrected chi connectivity index (χ2v) is 6.68. The Morgan fingerprint density at radius 2 is 1.62 bits per heavy atom. The highest BCUT2D eigenvalue weighted by molar-refractivity contribution is 5.27. The number of rotatable bonds is 8. The summed E-state index contributed by atoms with van der Waals surface area (Å²) in [6.07, 6.45) is 12.2. The van der Waals surface area contributed by atoms with Crippen molar-refractivity contribution in [3.8, 4) is 5.75 Å². The van der Waals surface area contributed by atoms with Crippen LogP contribution in [0.4, 0.5) is 0 Å². The maximum Gasteiger partial charge on any atom is 0.119 e. The van der Waals surface area contributed by atoms with E-state index in [0.717, 1.165) is 30.6 Å². The molecule has 1 fully saturated rings. The van der Waals surface area contributed by atoms with Crippen molar-refractivity contribution in [1.82, 2.24) is 0 Å². The molecule has 0 atom stereocenters. The van der Waals surface area contributed by atoms with Crippen LogP contribution in [0.25, 0.3) is 0 Å². The molecule has 21 heavy (non-hydrogen) atoms. The molecule has 0 radical (unpaired) electrons. The molecule has 0 amide bonds. The van der Waals surface area contributed by atoms with Gasteiger partial charge in [-0.05, 0) is 48.8 Å². The molecule has 1 aromatic rings. The van der Waals surface area contributed by atoms with Crippen molar-refractivity contribution < 1.29 is 4.74 Å². The molecule has 1 saturated carbocycles. The number of unbranched alkanes of at least 4 members (excludes halogenated alkanes) is 1. The predicted octanol–water partition coefficient (Wildman–Crippen LogP) is 6.01. The summed E-state index contributed by atoms with van der Waals surface area (Å²) < 4.78 is 5.72. The van der Waals surface area contributed by atoms with Gasteiger partial charge in [-0.25, -0.2) is 0 Å². The Hall–Kier alpha value is -0.980. The third-order valence-corrected chi connectivity index (χ3v) is 5.07. The Balaban J connectivity index is 1.69. The first-order valence-corrected chi connectivity index (χ1v) is 9.03. The fourth-order valence-corrected chi connectivity index (χ4v) is 3.39.